The van der Waals surface area contributed by atoms with Crippen LogP contribution in [0, 0.1) is 11.3 Å². The van der Waals surface area contributed by atoms with Crippen molar-refractivity contribution in [2.75, 3.05) is 41.3 Å². The Morgan fingerprint density at radius 3 is 1.49 bits per heavy atom. The molecule has 1 unspecified atom stereocenters. The monoisotopic (exact) mass is 997 g/mol. The van der Waals surface area contributed by atoms with Crippen molar-refractivity contribution < 1.29 is 38.4 Å². The van der Waals surface area contributed by atoms with Crippen LogP contribution in [0.25, 0.3) is 0 Å². The molecule has 20 heteroatoms. The lowest BCUT2D eigenvalue weighted by Gasteiger charge is -2.36. The van der Waals surface area contributed by atoms with Crippen molar-refractivity contribution in [3.8, 4) is 0 Å². The first-order chi connectivity index (χ1) is 33.9. The fourth-order valence-electron chi connectivity index (χ4n) is 9.00. The predicted molar refractivity (Wildman–Crippen MR) is 272 cm³/mol. The van der Waals surface area contributed by atoms with Crippen molar-refractivity contribution >= 4 is 47.3 Å². The van der Waals surface area contributed by atoms with E-state index in [1.54, 1.807) is 55.9 Å². The summed E-state index contributed by atoms with van der Waals surface area (Å²) in [5.74, 6) is -4.03. The third kappa shape index (κ3) is 13.2. The minimum atomic E-state index is -1.02. The van der Waals surface area contributed by atoms with Gasteiger partial charge >= 0.3 is 0 Å². The number of likely N-dealkylation sites (N-methyl/N-ethyl adjacent to an activating group) is 4. The highest BCUT2D eigenvalue weighted by Gasteiger charge is 2.48. The molecule has 8 amide bonds. The number of hydrogen-bond acceptors (Lipinski definition) is 11. The molecule has 0 spiro atoms. The molecule has 0 saturated carbocycles. The highest BCUT2D eigenvalue weighted by atomic mass is 16.2. The quantitative estimate of drug-likeness (QED) is 0.0917. The molecule has 392 valence electrons. The van der Waals surface area contributed by atoms with E-state index in [4.69, 9.17) is 0 Å². The van der Waals surface area contributed by atoms with Gasteiger partial charge in [0.2, 0.25) is 35.4 Å². The second kappa shape index (κ2) is 24.2. The second-order valence-electron chi connectivity index (χ2n) is 20.6. The first-order valence-corrected chi connectivity index (χ1v) is 24.8. The van der Waals surface area contributed by atoms with Crippen LogP contribution in [-0.2, 0) is 28.8 Å². The standard InChI is InChI=1S/C52H76N12O8/c1-29(2)42(57-44(65)32(5)53-10)50(71)63-27-36(24-40(63)46(67)55-30(3)34-20-16-14-17-21-34)61(12)48(69)38-26-39(60-59-38)49(70)62(13)37-25-41(47(68)56-31(4)35-22-18-15-19-23-35)64(28-37)51(72)43(52(7,8)9)58-45(66)33(6)54-11/h14-23,26,29-33,36-37,40-43,53-54H,24-25,27-28H2,1-13H3,(H,55,67)(H,56,68)(H,57,65)(H,58,66)(H,59,60)/t30-,31-,32-,33-,36+,37+,40?,41+,42-,43+/m1/s1. The van der Waals surface area contributed by atoms with Gasteiger partial charge in [-0.1, -0.05) is 95.3 Å². The molecular formula is C52H76N12O8. The normalized spacial score (nSPS) is 20.4. The van der Waals surface area contributed by atoms with E-state index < -0.39 is 101 Å². The number of carbonyl (C=O) groups is 8. The van der Waals surface area contributed by atoms with Gasteiger partial charge in [0.25, 0.3) is 11.8 Å². The average molecular weight is 997 g/mol. The van der Waals surface area contributed by atoms with E-state index in [-0.39, 0.29) is 55.1 Å². The Morgan fingerprint density at radius 2 is 1.06 bits per heavy atom. The van der Waals surface area contributed by atoms with Crippen LogP contribution in [0.3, 0.4) is 0 Å². The Labute approximate surface area is 423 Å². The lowest BCUT2D eigenvalue weighted by atomic mass is 9.85. The molecule has 3 aromatic rings. The van der Waals surface area contributed by atoms with Crippen LogP contribution < -0.4 is 31.9 Å². The van der Waals surface area contributed by atoms with Crippen LogP contribution in [0.15, 0.2) is 66.7 Å². The van der Waals surface area contributed by atoms with Gasteiger partial charge in [0.15, 0.2) is 5.69 Å². The first kappa shape index (κ1) is 56.2. The molecule has 10 atom stereocenters. The highest BCUT2D eigenvalue weighted by Crippen LogP contribution is 2.30. The summed E-state index contributed by atoms with van der Waals surface area (Å²) in [5, 5.41) is 24.5. The number of hydrogen-bond donors (Lipinski definition) is 7. The molecular weight excluding hydrogens is 921 g/mol. The lowest BCUT2D eigenvalue weighted by molar-refractivity contribution is -0.144. The van der Waals surface area contributed by atoms with Crippen molar-refractivity contribution in [3.63, 3.8) is 0 Å². The van der Waals surface area contributed by atoms with Crippen molar-refractivity contribution in [1.82, 2.24) is 61.7 Å². The second-order valence-corrected chi connectivity index (χ2v) is 20.6. The van der Waals surface area contributed by atoms with Gasteiger partial charge < -0.3 is 51.5 Å². The number of H-pyrrole nitrogens is 1. The van der Waals surface area contributed by atoms with Gasteiger partial charge in [0, 0.05) is 33.3 Å². The van der Waals surface area contributed by atoms with Crippen molar-refractivity contribution in [2.24, 2.45) is 11.3 Å². The van der Waals surface area contributed by atoms with Gasteiger partial charge in [-0.3, -0.25) is 43.5 Å². The lowest BCUT2D eigenvalue weighted by Crippen LogP contribution is -2.59. The van der Waals surface area contributed by atoms with Crippen LogP contribution >= 0.6 is 0 Å². The number of carbonyl (C=O) groups excluding carboxylic acids is 8. The van der Waals surface area contributed by atoms with Crippen molar-refractivity contribution in [2.45, 2.75) is 136 Å². The molecule has 5 rings (SSSR count). The number of benzene rings is 2. The van der Waals surface area contributed by atoms with Gasteiger partial charge in [0.1, 0.15) is 29.9 Å². The van der Waals surface area contributed by atoms with E-state index in [0.717, 1.165) is 11.1 Å². The van der Waals surface area contributed by atoms with E-state index in [9.17, 15) is 38.4 Å². The van der Waals surface area contributed by atoms with Crippen LogP contribution in [0.4, 0.5) is 0 Å². The maximum Gasteiger partial charge on any atom is 0.274 e. The minimum Gasteiger partial charge on any atom is -0.348 e. The molecule has 2 aliphatic rings. The number of nitrogens with one attached hydrogen (secondary N) is 7. The fraction of sp³-hybridized carbons (Fsp3) is 0.558. The SMILES string of the molecule is CN[C@H](C)C(=O)N[C@@H](C(=O)N1C[C@@H](N(C)C(=O)c2cc(C(=O)N(C)[C@H]3C[C@@H](C(=O)N[C@H](C)c4ccccc4)N(C(=O)[C@H](NC(=O)[C@@H](C)NC)C(C)(C)C)C3)[nH]n2)CC1C(=O)N[C@H](C)c1ccccc1)C(C)C. The summed E-state index contributed by atoms with van der Waals surface area (Å²) in [7, 11) is 6.37. The molecule has 2 aliphatic heterocycles. The summed E-state index contributed by atoms with van der Waals surface area (Å²) < 4.78 is 0. The zero-order valence-electron chi connectivity index (χ0n) is 44.0. The summed E-state index contributed by atoms with van der Waals surface area (Å²) >= 11 is 0. The topological polar surface area (TPSA) is 250 Å². The molecule has 72 heavy (non-hydrogen) atoms. The van der Waals surface area contributed by atoms with Crippen molar-refractivity contribution in [1.29, 1.82) is 0 Å². The molecule has 7 N–H and O–H groups in total. The van der Waals surface area contributed by atoms with Gasteiger partial charge in [-0.15, -0.1) is 0 Å². The van der Waals surface area contributed by atoms with Crippen LogP contribution in [-0.4, -0.2) is 167 Å². The number of rotatable bonds is 19. The first-order valence-electron chi connectivity index (χ1n) is 24.8. The maximum absolute atomic E-state index is 14.6. The highest BCUT2D eigenvalue weighted by molar-refractivity contribution is 5.99. The Morgan fingerprint density at radius 1 is 0.625 bits per heavy atom. The summed E-state index contributed by atoms with van der Waals surface area (Å²) in [4.78, 5) is 118. The number of nitrogens with zero attached hydrogens (tertiary/aromatic N) is 5. The summed E-state index contributed by atoms with van der Waals surface area (Å²) in [6, 6.07) is 12.8. The predicted octanol–water partition coefficient (Wildman–Crippen LogP) is 2.14. The van der Waals surface area contributed by atoms with E-state index in [0.29, 0.717) is 0 Å². The number of amides is 8. The minimum absolute atomic E-state index is 0.0253. The fourth-order valence-corrected chi connectivity index (χ4v) is 9.00. The molecule has 0 aliphatic carbocycles. The summed E-state index contributed by atoms with van der Waals surface area (Å²) in [6.45, 7) is 16.1. The van der Waals surface area contributed by atoms with E-state index in [2.05, 4.69) is 42.1 Å². The Hall–Kier alpha value is -6.67. The molecule has 2 saturated heterocycles. The third-order valence-electron chi connectivity index (χ3n) is 14.1. The molecule has 1 aromatic heterocycles. The zero-order chi connectivity index (χ0) is 53.4. The van der Waals surface area contributed by atoms with Gasteiger partial charge in [-0.2, -0.15) is 5.10 Å². The van der Waals surface area contributed by atoms with Crippen LogP contribution in [0.1, 0.15) is 119 Å². The molecule has 2 aromatic carbocycles. The van der Waals surface area contributed by atoms with E-state index >= 15 is 0 Å². The largest absolute Gasteiger partial charge is 0.348 e. The number of aromatic amines is 1. The van der Waals surface area contributed by atoms with Crippen LogP contribution in [0.2, 0.25) is 0 Å². The molecule has 20 nitrogen and oxygen atoms in total. The number of likely N-dealkylation sites (tertiary alicyclic amines) is 2. The molecule has 0 radical (unpaired) electrons. The summed E-state index contributed by atoms with van der Waals surface area (Å²) in [5.41, 5.74) is 0.839. The molecule has 0 bridgehead atoms. The smallest absolute Gasteiger partial charge is 0.274 e. The van der Waals surface area contributed by atoms with Crippen LogP contribution in [0.5, 0.6) is 0 Å². The van der Waals surface area contributed by atoms with E-state index in [1.807, 2.05) is 95.3 Å². The van der Waals surface area contributed by atoms with Crippen molar-refractivity contribution in [3.05, 3.63) is 89.2 Å². The number of aromatic nitrogens is 2. The Bertz CT molecular complexity index is 2410. The maximum atomic E-state index is 14.6. The van der Waals surface area contributed by atoms with E-state index in [1.165, 1.54) is 25.7 Å². The molecule has 2 fully saturated rings. The average Bonchev–Trinajstić information content (AvgIpc) is 4.15. The summed E-state index contributed by atoms with van der Waals surface area (Å²) in [6.07, 6.45) is 0.156. The van der Waals surface area contributed by atoms with Gasteiger partial charge in [-0.05, 0) is 77.1 Å². The Balaban J connectivity index is 1.37. The molecule has 3 heterocycles. The zero-order valence-corrected chi connectivity index (χ0v) is 44.0. The van der Waals surface area contributed by atoms with Gasteiger partial charge in [-0.25, -0.2) is 0 Å². The third-order valence-corrected chi connectivity index (χ3v) is 14.1. The Kier molecular flexibility index (Phi) is 18.9. The van der Waals surface area contributed by atoms with Gasteiger partial charge in [0.05, 0.1) is 36.3 Å².